The number of rotatable bonds is 6. The number of thioether (sulfide) groups is 1. The van der Waals surface area contributed by atoms with Crippen LogP contribution < -0.4 is 0 Å². The number of hydrogen-bond donors (Lipinski definition) is 0. The van der Waals surface area contributed by atoms with Gasteiger partial charge in [0.25, 0.3) is 0 Å². The molecular weight excluding hydrogens is 228 g/mol. The molecule has 1 atom stereocenters. The average molecular weight is 246 g/mol. The number of ether oxygens (including phenoxy) is 1. The van der Waals surface area contributed by atoms with E-state index in [0.717, 1.165) is 16.6 Å². The van der Waals surface area contributed by atoms with Gasteiger partial charge in [0.2, 0.25) is 0 Å². The van der Waals surface area contributed by atoms with Crippen molar-refractivity contribution in [3.8, 4) is 0 Å². The Bertz CT molecular complexity index is 289. The van der Waals surface area contributed by atoms with Crippen LogP contribution in [0.2, 0.25) is 0 Å². The molecule has 0 aliphatic rings. The van der Waals surface area contributed by atoms with E-state index in [0.29, 0.717) is 17.8 Å². The Labute approximate surface area is 99.8 Å². The molecule has 1 heterocycles. The summed E-state index contributed by atoms with van der Waals surface area (Å²) < 4.78 is 10.4. The van der Waals surface area contributed by atoms with Gasteiger partial charge >= 0.3 is 0 Å². The zero-order valence-corrected chi connectivity index (χ0v) is 11.3. The van der Waals surface area contributed by atoms with Gasteiger partial charge in [0, 0.05) is 18.8 Å². The van der Waals surface area contributed by atoms with Crippen molar-refractivity contribution in [3.05, 3.63) is 5.82 Å². The van der Waals surface area contributed by atoms with E-state index in [9.17, 15) is 0 Å². The average Bonchev–Trinajstić information content (AvgIpc) is 2.62. The van der Waals surface area contributed by atoms with Gasteiger partial charge in [-0.1, -0.05) is 32.5 Å². The van der Waals surface area contributed by atoms with Crippen LogP contribution in [0.1, 0.15) is 26.6 Å². The molecule has 1 unspecified atom stereocenters. The summed E-state index contributed by atoms with van der Waals surface area (Å²) in [7, 11) is 1.70. The molecule has 3 nitrogen and oxygen atoms in total. The van der Waals surface area contributed by atoms with E-state index in [2.05, 4.69) is 30.1 Å². The summed E-state index contributed by atoms with van der Waals surface area (Å²) in [5.74, 6) is 1.57. The molecule has 0 bridgehead atoms. The molecule has 5 heteroatoms. The van der Waals surface area contributed by atoms with Gasteiger partial charge in [-0.3, -0.25) is 0 Å². The predicted octanol–water partition coefficient (Wildman–Crippen LogP) is 2.86. The van der Waals surface area contributed by atoms with Crippen molar-refractivity contribution in [2.24, 2.45) is 5.92 Å². The maximum Gasteiger partial charge on any atom is 0.170 e. The fourth-order valence-corrected chi connectivity index (χ4v) is 2.83. The molecule has 1 aromatic heterocycles. The van der Waals surface area contributed by atoms with Crippen LogP contribution in [0.15, 0.2) is 4.34 Å². The first-order chi connectivity index (χ1) is 7.13. The second-order valence-corrected chi connectivity index (χ2v) is 6.16. The van der Waals surface area contributed by atoms with Crippen molar-refractivity contribution >= 4 is 23.3 Å². The van der Waals surface area contributed by atoms with E-state index in [4.69, 9.17) is 4.74 Å². The first-order valence-electron chi connectivity index (χ1n) is 5.11. The maximum atomic E-state index is 4.99. The summed E-state index contributed by atoms with van der Waals surface area (Å²) in [6.45, 7) is 7.38. The summed E-state index contributed by atoms with van der Waals surface area (Å²) in [5.41, 5.74) is 0. The van der Waals surface area contributed by atoms with Gasteiger partial charge in [-0.05, 0) is 17.5 Å². The Morgan fingerprint density at radius 2 is 2.13 bits per heavy atom. The van der Waals surface area contributed by atoms with Crippen LogP contribution in [-0.2, 0) is 11.2 Å². The normalized spacial score (nSPS) is 13.4. The molecule has 0 aliphatic heterocycles. The molecule has 0 spiro atoms. The molecule has 0 aliphatic carbocycles. The van der Waals surface area contributed by atoms with Crippen molar-refractivity contribution in [2.45, 2.75) is 36.8 Å². The quantitative estimate of drug-likeness (QED) is 0.723. The lowest BCUT2D eigenvalue weighted by Crippen LogP contribution is -2.05. The summed E-state index contributed by atoms with van der Waals surface area (Å²) in [6, 6.07) is 0. The largest absolute Gasteiger partial charge is 0.384 e. The first-order valence-corrected chi connectivity index (χ1v) is 6.77. The van der Waals surface area contributed by atoms with Crippen LogP contribution in [0.4, 0.5) is 0 Å². The second kappa shape index (κ2) is 6.45. The molecule has 1 rings (SSSR count). The molecule has 0 N–H and O–H groups in total. The lowest BCUT2D eigenvalue weighted by atomic mass is 10.2. The van der Waals surface area contributed by atoms with Crippen LogP contribution >= 0.6 is 23.3 Å². The third-order valence-electron chi connectivity index (χ3n) is 2.20. The minimum Gasteiger partial charge on any atom is -0.384 e. The van der Waals surface area contributed by atoms with Gasteiger partial charge in [0.05, 0.1) is 6.61 Å². The zero-order valence-electron chi connectivity index (χ0n) is 9.69. The van der Waals surface area contributed by atoms with E-state index in [1.54, 1.807) is 7.11 Å². The Balaban J connectivity index is 2.45. The minimum absolute atomic E-state index is 0.591. The molecule has 0 amide bonds. The van der Waals surface area contributed by atoms with Crippen LogP contribution in [0.3, 0.4) is 0 Å². The number of aromatic nitrogens is 2. The Morgan fingerprint density at radius 1 is 1.40 bits per heavy atom. The van der Waals surface area contributed by atoms with Crippen LogP contribution in [0.5, 0.6) is 0 Å². The van der Waals surface area contributed by atoms with E-state index >= 15 is 0 Å². The SMILES string of the molecule is COCCc1nsc(SC(C)C(C)C)n1. The highest BCUT2D eigenvalue weighted by Gasteiger charge is 2.12. The number of nitrogens with zero attached hydrogens (tertiary/aromatic N) is 2. The lowest BCUT2D eigenvalue weighted by Gasteiger charge is -2.11. The minimum atomic E-state index is 0.591. The molecule has 0 aromatic carbocycles. The fraction of sp³-hybridized carbons (Fsp3) is 0.800. The Kier molecular flexibility index (Phi) is 5.56. The zero-order chi connectivity index (χ0) is 11.3. The van der Waals surface area contributed by atoms with Crippen LogP contribution in [0, 0.1) is 5.92 Å². The topological polar surface area (TPSA) is 35.0 Å². The molecule has 0 saturated carbocycles. The summed E-state index contributed by atoms with van der Waals surface area (Å²) >= 11 is 3.30. The van der Waals surface area contributed by atoms with E-state index in [1.165, 1.54) is 11.5 Å². The van der Waals surface area contributed by atoms with Crippen molar-refractivity contribution < 1.29 is 4.74 Å². The Morgan fingerprint density at radius 3 is 2.73 bits per heavy atom. The van der Waals surface area contributed by atoms with Crippen LogP contribution in [0.25, 0.3) is 0 Å². The standard InChI is InChI=1S/C10H18N2OS2/c1-7(2)8(3)14-10-11-9(12-15-10)5-6-13-4/h7-8H,5-6H2,1-4H3. The van der Waals surface area contributed by atoms with Gasteiger partial charge < -0.3 is 4.74 Å². The molecule has 0 saturated heterocycles. The Hall–Kier alpha value is -0.130. The smallest absolute Gasteiger partial charge is 0.170 e. The summed E-state index contributed by atoms with van der Waals surface area (Å²) in [4.78, 5) is 4.46. The van der Waals surface area contributed by atoms with Crippen molar-refractivity contribution in [3.63, 3.8) is 0 Å². The van der Waals surface area contributed by atoms with Gasteiger partial charge in [-0.2, -0.15) is 4.37 Å². The van der Waals surface area contributed by atoms with E-state index < -0.39 is 0 Å². The monoisotopic (exact) mass is 246 g/mol. The second-order valence-electron chi connectivity index (χ2n) is 3.79. The van der Waals surface area contributed by atoms with E-state index in [-0.39, 0.29) is 0 Å². The summed E-state index contributed by atoms with van der Waals surface area (Å²) in [5, 5.41) is 0.591. The third-order valence-corrected chi connectivity index (χ3v) is 4.48. The van der Waals surface area contributed by atoms with Crippen molar-refractivity contribution in [1.82, 2.24) is 9.36 Å². The third kappa shape index (κ3) is 4.49. The summed E-state index contributed by atoms with van der Waals surface area (Å²) in [6.07, 6.45) is 0.809. The predicted molar refractivity (Wildman–Crippen MR) is 65.6 cm³/mol. The highest BCUT2D eigenvalue weighted by molar-refractivity contribution is 8.01. The van der Waals surface area contributed by atoms with Crippen molar-refractivity contribution in [1.29, 1.82) is 0 Å². The molecule has 15 heavy (non-hydrogen) atoms. The van der Waals surface area contributed by atoms with Gasteiger partial charge in [0.1, 0.15) is 5.82 Å². The van der Waals surface area contributed by atoms with Crippen LogP contribution in [-0.4, -0.2) is 28.3 Å². The highest BCUT2D eigenvalue weighted by atomic mass is 32.2. The molecule has 1 aromatic rings. The first kappa shape index (κ1) is 12.9. The van der Waals surface area contributed by atoms with E-state index in [1.807, 2.05) is 11.8 Å². The maximum absolute atomic E-state index is 4.99. The molecule has 86 valence electrons. The van der Waals surface area contributed by atoms with Crippen molar-refractivity contribution in [2.75, 3.05) is 13.7 Å². The molecular formula is C10H18N2OS2. The highest BCUT2D eigenvalue weighted by Crippen LogP contribution is 2.28. The van der Waals surface area contributed by atoms with Gasteiger partial charge in [0.15, 0.2) is 4.34 Å². The number of hydrogen-bond acceptors (Lipinski definition) is 5. The lowest BCUT2D eigenvalue weighted by molar-refractivity contribution is 0.200. The molecule has 0 radical (unpaired) electrons. The molecule has 0 fully saturated rings. The number of methoxy groups -OCH3 is 1. The fourth-order valence-electron chi connectivity index (χ4n) is 0.876. The van der Waals surface area contributed by atoms with Gasteiger partial charge in [-0.15, -0.1) is 0 Å². The van der Waals surface area contributed by atoms with Gasteiger partial charge in [-0.25, -0.2) is 4.98 Å².